The summed E-state index contributed by atoms with van der Waals surface area (Å²) in [5.41, 5.74) is -0.685. The van der Waals surface area contributed by atoms with Crippen LogP contribution in [0.25, 0.3) is 0 Å². The molecule has 0 unspecified atom stereocenters. The summed E-state index contributed by atoms with van der Waals surface area (Å²) >= 11 is 0. The molecule has 1 aromatic carbocycles. The van der Waals surface area contributed by atoms with Crippen LogP contribution in [0.1, 0.15) is 33.0 Å². The Bertz CT molecular complexity index is 684. The first kappa shape index (κ1) is 15.0. The number of hydrogen-bond acceptors (Lipinski definition) is 3. The Morgan fingerprint density at radius 1 is 1.29 bits per heavy atom. The largest absolute Gasteiger partial charge is 0.478 e. The van der Waals surface area contributed by atoms with E-state index in [1.165, 1.54) is 0 Å². The fraction of sp³-hybridized carbons (Fsp3) is 0.214. The van der Waals surface area contributed by atoms with Crippen LogP contribution in [0.2, 0.25) is 0 Å². The second kappa shape index (κ2) is 5.51. The Hall–Kier alpha value is -2.44. The quantitative estimate of drug-likeness (QED) is 0.945. The zero-order chi connectivity index (χ0) is 15.6. The molecule has 110 valence electrons. The van der Waals surface area contributed by atoms with Gasteiger partial charge in [-0.25, -0.2) is 14.8 Å². The molecular weight excluding hydrogens is 285 g/mol. The molecule has 0 amide bonds. The van der Waals surface area contributed by atoms with E-state index in [4.69, 9.17) is 5.11 Å². The van der Waals surface area contributed by atoms with Gasteiger partial charge < -0.3 is 5.11 Å². The number of halogens is 3. The van der Waals surface area contributed by atoms with Gasteiger partial charge in [0.1, 0.15) is 11.4 Å². The standard InChI is InChI=1S/C14H11F3N2O2/c1-8-4-2-3-5-9(8)6-11-18-7-10(13(20)21)12(19-11)14(15,16)17/h2-5,7H,6H2,1H3,(H,20,21). The Morgan fingerprint density at radius 3 is 2.52 bits per heavy atom. The second-order valence-electron chi connectivity index (χ2n) is 4.45. The number of carboxylic acid groups (broad SMARTS) is 1. The number of rotatable bonds is 3. The van der Waals surface area contributed by atoms with Crippen molar-refractivity contribution in [1.29, 1.82) is 0 Å². The first-order valence-corrected chi connectivity index (χ1v) is 6.00. The molecule has 0 spiro atoms. The van der Waals surface area contributed by atoms with Gasteiger partial charge in [-0.15, -0.1) is 0 Å². The number of carbonyl (C=O) groups is 1. The van der Waals surface area contributed by atoms with E-state index < -0.39 is 23.4 Å². The lowest BCUT2D eigenvalue weighted by atomic mass is 10.1. The Labute approximate surface area is 118 Å². The van der Waals surface area contributed by atoms with Crippen LogP contribution >= 0.6 is 0 Å². The fourth-order valence-electron chi connectivity index (χ4n) is 1.85. The first-order chi connectivity index (χ1) is 9.79. The summed E-state index contributed by atoms with van der Waals surface area (Å²) in [6.45, 7) is 1.83. The van der Waals surface area contributed by atoms with E-state index in [-0.39, 0.29) is 12.2 Å². The van der Waals surface area contributed by atoms with Crippen molar-refractivity contribution in [3.05, 3.63) is 58.7 Å². The molecule has 0 aliphatic rings. The van der Waals surface area contributed by atoms with Gasteiger partial charge in [0.25, 0.3) is 0 Å². The van der Waals surface area contributed by atoms with Crippen molar-refractivity contribution in [1.82, 2.24) is 9.97 Å². The summed E-state index contributed by atoms with van der Waals surface area (Å²) in [4.78, 5) is 17.9. The molecule has 0 radical (unpaired) electrons. The highest BCUT2D eigenvalue weighted by atomic mass is 19.4. The molecule has 1 aromatic heterocycles. The van der Waals surface area contributed by atoms with Gasteiger partial charge in [0.15, 0.2) is 5.69 Å². The number of aryl methyl sites for hydroxylation is 1. The topological polar surface area (TPSA) is 63.1 Å². The summed E-state index contributed by atoms with van der Waals surface area (Å²) in [5, 5.41) is 8.77. The number of benzene rings is 1. The molecule has 0 bridgehead atoms. The monoisotopic (exact) mass is 296 g/mol. The predicted molar refractivity (Wildman–Crippen MR) is 68.0 cm³/mol. The molecule has 21 heavy (non-hydrogen) atoms. The van der Waals surface area contributed by atoms with Crippen molar-refractivity contribution in [3.8, 4) is 0 Å². The summed E-state index contributed by atoms with van der Waals surface area (Å²) in [7, 11) is 0. The summed E-state index contributed by atoms with van der Waals surface area (Å²) < 4.78 is 38.6. The van der Waals surface area contributed by atoms with Crippen molar-refractivity contribution in [2.75, 3.05) is 0 Å². The van der Waals surface area contributed by atoms with Gasteiger partial charge in [-0.05, 0) is 18.1 Å². The van der Waals surface area contributed by atoms with E-state index in [9.17, 15) is 18.0 Å². The zero-order valence-corrected chi connectivity index (χ0v) is 11.0. The average Bonchev–Trinajstić information content (AvgIpc) is 2.40. The minimum absolute atomic E-state index is 0.0679. The maximum absolute atomic E-state index is 12.9. The molecule has 0 saturated carbocycles. The molecule has 0 saturated heterocycles. The molecule has 1 N–H and O–H groups in total. The lowest BCUT2D eigenvalue weighted by molar-refractivity contribution is -0.141. The van der Waals surface area contributed by atoms with Crippen molar-refractivity contribution < 1.29 is 23.1 Å². The van der Waals surface area contributed by atoms with Crippen LogP contribution in [-0.4, -0.2) is 21.0 Å². The van der Waals surface area contributed by atoms with Crippen molar-refractivity contribution >= 4 is 5.97 Å². The number of aromatic nitrogens is 2. The lowest BCUT2D eigenvalue weighted by Gasteiger charge is -2.11. The van der Waals surface area contributed by atoms with Gasteiger partial charge in [0.05, 0.1) is 0 Å². The Balaban J connectivity index is 2.43. The van der Waals surface area contributed by atoms with Crippen LogP contribution in [0.5, 0.6) is 0 Å². The van der Waals surface area contributed by atoms with Crippen LogP contribution < -0.4 is 0 Å². The second-order valence-corrected chi connectivity index (χ2v) is 4.45. The van der Waals surface area contributed by atoms with E-state index in [0.29, 0.717) is 6.20 Å². The molecule has 2 rings (SSSR count). The minimum Gasteiger partial charge on any atom is -0.478 e. The van der Waals surface area contributed by atoms with Crippen LogP contribution in [0.15, 0.2) is 30.5 Å². The average molecular weight is 296 g/mol. The maximum Gasteiger partial charge on any atom is 0.434 e. The molecule has 1 heterocycles. The van der Waals surface area contributed by atoms with Crippen molar-refractivity contribution in [3.63, 3.8) is 0 Å². The molecule has 0 aliphatic carbocycles. The van der Waals surface area contributed by atoms with Gasteiger partial charge >= 0.3 is 12.1 Å². The van der Waals surface area contributed by atoms with Crippen molar-refractivity contribution in [2.45, 2.75) is 19.5 Å². The van der Waals surface area contributed by atoms with Gasteiger partial charge in [0.2, 0.25) is 0 Å². The normalized spacial score (nSPS) is 11.4. The molecule has 0 fully saturated rings. The lowest BCUT2D eigenvalue weighted by Crippen LogP contribution is -2.17. The number of hydrogen-bond donors (Lipinski definition) is 1. The zero-order valence-electron chi connectivity index (χ0n) is 11.0. The number of nitrogens with zero attached hydrogens (tertiary/aromatic N) is 2. The van der Waals surface area contributed by atoms with E-state index in [1.54, 1.807) is 12.1 Å². The predicted octanol–water partition coefficient (Wildman–Crippen LogP) is 3.09. The van der Waals surface area contributed by atoms with E-state index in [0.717, 1.165) is 11.1 Å². The SMILES string of the molecule is Cc1ccccc1Cc1ncc(C(=O)O)c(C(F)(F)F)n1. The molecule has 0 aliphatic heterocycles. The highest BCUT2D eigenvalue weighted by molar-refractivity contribution is 5.88. The minimum atomic E-state index is -4.84. The van der Waals surface area contributed by atoms with E-state index in [1.807, 2.05) is 19.1 Å². The summed E-state index contributed by atoms with van der Waals surface area (Å²) in [6.07, 6.45) is -4.03. The van der Waals surface area contributed by atoms with Gasteiger partial charge in [-0.2, -0.15) is 13.2 Å². The van der Waals surface area contributed by atoms with Crippen LogP contribution in [0.4, 0.5) is 13.2 Å². The smallest absolute Gasteiger partial charge is 0.434 e. The highest BCUT2D eigenvalue weighted by Gasteiger charge is 2.38. The first-order valence-electron chi connectivity index (χ1n) is 6.00. The molecule has 0 atom stereocenters. The molecule has 4 nitrogen and oxygen atoms in total. The summed E-state index contributed by atoms with van der Waals surface area (Å²) in [5.74, 6) is -1.77. The van der Waals surface area contributed by atoms with Gasteiger partial charge in [-0.3, -0.25) is 0 Å². The van der Waals surface area contributed by atoms with E-state index >= 15 is 0 Å². The third kappa shape index (κ3) is 3.36. The van der Waals surface area contributed by atoms with Crippen molar-refractivity contribution in [2.24, 2.45) is 0 Å². The fourth-order valence-corrected chi connectivity index (χ4v) is 1.85. The third-order valence-electron chi connectivity index (χ3n) is 2.95. The van der Waals surface area contributed by atoms with Crippen LogP contribution in [0.3, 0.4) is 0 Å². The number of aromatic carboxylic acids is 1. The Kier molecular flexibility index (Phi) is 3.93. The van der Waals surface area contributed by atoms with Gasteiger partial charge in [0, 0.05) is 12.6 Å². The number of carboxylic acids is 1. The van der Waals surface area contributed by atoms with E-state index in [2.05, 4.69) is 9.97 Å². The Morgan fingerprint density at radius 2 is 1.95 bits per heavy atom. The maximum atomic E-state index is 12.9. The van der Waals surface area contributed by atoms with Crippen LogP contribution in [-0.2, 0) is 12.6 Å². The van der Waals surface area contributed by atoms with Crippen LogP contribution in [0, 0.1) is 6.92 Å². The number of alkyl halides is 3. The highest BCUT2D eigenvalue weighted by Crippen LogP contribution is 2.30. The van der Waals surface area contributed by atoms with Gasteiger partial charge in [-0.1, -0.05) is 24.3 Å². The molecular formula is C14H11F3N2O2. The third-order valence-corrected chi connectivity index (χ3v) is 2.95. The molecule has 2 aromatic rings. The molecule has 7 heteroatoms. The summed E-state index contributed by atoms with van der Waals surface area (Å²) in [6, 6.07) is 7.16.